The summed E-state index contributed by atoms with van der Waals surface area (Å²) in [7, 11) is 0. The zero-order chi connectivity index (χ0) is 26.0. The number of hydrogen-bond acceptors (Lipinski definition) is 4. The molecular weight excluding hydrogens is 460 g/mol. The van der Waals surface area contributed by atoms with Crippen molar-refractivity contribution in [3.63, 3.8) is 0 Å². The molecule has 3 atom stereocenters. The minimum Gasteiger partial charge on any atom is -0.342 e. The van der Waals surface area contributed by atoms with Crippen molar-refractivity contribution in [2.75, 3.05) is 18.4 Å². The third kappa shape index (κ3) is 6.14. The highest BCUT2D eigenvalue weighted by molar-refractivity contribution is 5.82. The van der Waals surface area contributed by atoms with Crippen molar-refractivity contribution in [2.24, 2.45) is 5.41 Å². The second-order valence-electron chi connectivity index (χ2n) is 11.5. The molecule has 1 aromatic carbocycles. The molecule has 0 bridgehead atoms. The van der Waals surface area contributed by atoms with Gasteiger partial charge in [0.05, 0.1) is 6.33 Å². The Morgan fingerprint density at radius 2 is 2.06 bits per heavy atom. The van der Waals surface area contributed by atoms with Crippen LogP contribution in [0.1, 0.15) is 70.5 Å². The quantitative estimate of drug-likeness (QED) is 0.497. The number of imidazole rings is 1. The van der Waals surface area contributed by atoms with E-state index >= 15 is 0 Å². The molecule has 1 fully saturated rings. The van der Waals surface area contributed by atoms with Crippen LogP contribution in [0.25, 0.3) is 0 Å². The lowest BCUT2D eigenvalue weighted by molar-refractivity contribution is -0.131. The van der Waals surface area contributed by atoms with E-state index in [0.717, 1.165) is 56.1 Å². The number of carbonyl (C=O) groups excluding carboxylic acids is 1. The van der Waals surface area contributed by atoms with Crippen LogP contribution in [0, 0.1) is 17.0 Å². The molecule has 1 aromatic heterocycles. The van der Waals surface area contributed by atoms with Crippen molar-refractivity contribution >= 4 is 11.7 Å². The van der Waals surface area contributed by atoms with Gasteiger partial charge in [-0.15, -0.1) is 0 Å². The molecule has 8 heteroatoms. The van der Waals surface area contributed by atoms with E-state index in [4.69, 9.17) is 0 Å². The number of amides is 1. The van der Waals surface area contributed by atoms with Crippen LogP contribution in [-0.4, -0.2) is 45.5 Å². The highest BCUT2D eigenvalue weighted by Gasteiger charge is 2.35. The van der Waals surface area contributed by atoms with E-state index in [2.05, 4.69) is 49.9 Å². The van der Waals surface area contributed by atoms with E-state index in [1.54, 1.807) is 6.33 Å². The van der Waals surface area contributed by atoms with Crippen molar-refractivity contribution in [1.29, 1.82) is 0 Å². The van der Waals surface area contributed by atoms with E-state index in [-0.39, 0.29) is 29.4 Å². The molecule has 196 valence electrons. The first kappa shape index (κ1) is 26.3. The fourth-order valence-corrected chi connectivity index (χ4v) is 5.41. The predicted molar refractivity (Wildman–Crippen MR) is 139 cm³/mol. The molecular formula is C28H39F2N5O. The summed E-state index contributed by atoms with van der Waals surface area (Å²) in [6, 6.07) is 2.25. The Morgan fingerprint density at radius 1 is 1.28 bits per heavy atom. The van der Waals surface area contributed by atoms with Crippen LogP contribution in [0.2, 0.25) is 0 Å². The molecule has 2 heterocycles. The van der Waals surface area contributed by atoms with Gasteiger partial charge < -0.3 is 20.1 Å². The molecule has 1 aliphatic carbocycles. The van der Waals surface area contributed by atoms with Crippen molar-refractivity contribution in [2.45, 2.75) is 84.3 Å². The monoisotopic (exact) mass is 499 g/mol. The van der Waals surface area contributed by atoms with Crippen molar-refractivity contribution in [3.8, 4) is 0 Å². The maximum Gasteiger partial charge on any atom is 0.245 e. The van der Waals surface area contributed by atoms with E-state index in [0.29, 0.717) is 24.2 Å². The van der Waals surface area contributed by atoms with Gasteiger partial charge in [0.15, 0.2) is 0 Å². The molecule has 2 aliphatic rings. The average Bonchev–Trinajstić information content (AvgIpc) is 3.39. The molecule has 1 amide bonds. The first-order valence-electron chi connectivity index (χ1n) is 13.0. The second-order valence-corrected chi connectivity index (χ2v) is 11.5. The number of rotatable bonds is 9. The zero-order valence-electron chi connectivity index (χ0n) is 21.9. The summed E-state index contributed by atoms with van der Waals surface area (Å²) in [6.07, 6.45) is 8.16. The van der Waals surface area contributed by atoms with E-state index in [1.165, 1.54) is 6.07 Å². The van der Waals surface area contributed by atoms with Gasteiger partial charge in [-0.25, -0.2) is 13.8 Å². The van der Waals surface area contributed by atoms with Gasteiger partial charge in [0, 0.05) is 43.1 Å². The molecule has 1 unspecified atom stereocenters. The van der Waals surface area contributed by atoms with Crippen molar-refractivity contribution < 1.29 is 13.6 Å². The molecule has 0 spiro atoms. The molecule has 0 radical (unpaired) electrons. The number of hydrogen-bond donors (Lipinski definition) is 2. The third-order valence-corrected chi connectivity index (χ3v) is 7.08. The maximum atomic E-state index is 14.4. The van der Waals surface area contributed by atoms with Gasteiger partial charge >= 0.3 is 0 Å². The fourth-order valence-electron chi connectivity index (χ4n) is 5.41. The Bertz CT molecular complexity index is 1110. The van der Waals surface area contributed by atoms with Gasteiger partial charge in [-0.1, -0.05) is 40.7 Å². The Labute approximate surface area is 213 Å². The van der Waals surface area contributed by atoms with Crippen LogP contribution in [0.15, 0.2) is 36.9 Å². The highest BCUT2D eigenvalue weighted by atomic mass is 19.1. The number of aromatic nitrogens is 2. The lowest BCUT2D eigenvalue weighted by Crippen LogP contribution is -2.43. The minimum atomic E-state index is -0.514. The van der Waals surface area contributed by atoms with Crippen LogP contribution in [0.5, 0.6) is 0 Å². The van der Waals surface area contributed by atoms with Gasteiger partial charge in [-0.2, -0.15) is 0 Å². The van der Waals surface area contributed by atoms with Crippen LogP contribution in [0.4, 0.5) is 14.6 Å². The van der Waals surface area contributed by atoms with Gasteiger partial charge in [0.25, 0.3) is 0 Å². The minimum absolute atomic E-state index is 0.0226. The summed E-state index contributed by atoms with van der Waals surface area (Å²) in [4.78, 5) is 19.4. The fraction of sp³-hybridized carbons (Fsp3) is 0.571. The van der Waals surface area contributed by atoms with Crippen LogP contribution in [-0.2, 0) is 17.6 Å². The standard InChI is InChI=1S/C28H39F2N5O/c1-6-7-24(33-21-9-8-19-12-20(29)13-23(30)22(19)14-21)18(2)32-26-15-35(17-31-26)25-10-11-34(27(25)36)16-28(3,4)5/h12-13,15,17,21,24-25,32-33H,2,6-11,14,16H2,1,3-5H3/t21-,24-,25?/m0/s1. The molecule has 0 saturated carbocycles. The molecule has 2 N–H and O–H groups in total. The first-order chi connectivity index (χ1) is 17.0. The van der Waals surface area contributed by atoms with E-state index in [9.17, 15) is 13.6 Å². The number of nitrogens with zero attached hydrogens (tertiary/aromatic N) is 3. The summed E-state index contributed by atoms with van der Waals surface area (Å²) >= 11 is 0. The Balaban J connectivity index is 1.37. The Morgan fingerprint density at radius 3 is 2.78 bits per heavy atom. The molecule has 36 heavy (non-hydrogen) atoms. The molecule has 1 aliphatic heterocycles. The van der Waals surface area contributed by atoms with Crippen LogP contribution < -0.4 is 10.6 Å². The average molecular weight is 500 g/mol. The zero-order valence-corrected chi connectivity index (χ0v) is 21.9. The lowest BCUT2D eigenvalue weighted by atomic mass is 9.87. The van der Waals surface area contributed by atoms with Gasteiger partial charge in [0.1, 0.15) is 23.5 Å². The summed E-state index contributed by atoms with van der Waals surface area (Å²) in [5, 5.41) is 6.96. The smallest absolute Gasteiger partial charge is 0.245 e. The number of likely N-dealkylation sites (tertiary alicyclic amines) is 1. The van der Waals surface area contributed by atoms with Gasteiger partial charge in [-0.3, -0.25) is 4.79 Å². The Hall–Kier alpha value is -2.74. The highest BCUT2D eigenvalue weighted by Crippen LogP contribution is 2.29. The van der Waals surface area contributed by atoms with Crippen LogP contribution >= 0.6 is 0 Å². The van der Waals surface area contributed by atoms with Crippen LogP contribution in [0.3, 0.4) is 0 Å². The first-order valence-corrected chi connectivity index (χ1v) is 13.0. The van der Waals surface area contributed by atoms with E-state index < -0.39 is 11.6 Å². The number of benzene rings is 1. The topological polar surface area (TPSA) is 62.2 Å². The summed E-state index contributed by atoms with van der Waals surface area (Å²) in [5.74, 6) is -0.184. The van der Waals surface area contributed by atoms with Gasteiger partial charge in [-0.05, 0) is 54.7 Å². The molecule has 2 aromatic rings. The molecule has 6 nitrogen and oxygen atoms in total. The normalized spacial score (nSPS) is 20.9. The lowest BCUT2D eigenvalue weighted by Gasteiger charge is -2.31. The second kappa shape index (κ2) is 10.7. The number of aryl methyl sites for hydroxylation is 1. The number of fused-ring (bicyclic) bond motifs is 1. The summed E-state index contributed by atoms with van der Waals surface area (Å²) in [6.45, 7) is 14.3. The third-order valence-electron chi connectivity index (χ3n) is 7.08. The summed E-state index contributed by atoms with van der Waals surface area (Å²) in [5.41, 5.74) is 2.23. The number of halogens is 2. The SMILES string of the molecule is C=C(Nc1cn(C2CCN(CC(C)(C)C)C2=O)cn1)[C@H](CCC)N[C@H]1CCc2cc(F)cc(F)c2C1. The van der Waals surface area contributed by atoms with Crippen molar-refractivity contribution in [1.82, 2.24) is 19.8 Å². The maximum absolute atomic E-state index is 14.4. The molecule has 4 rings (SSSR count). The van der Waals surface area contributed by atoms with Crippen molar-refractivity contribution in [3.05, 3.63) is 59.7 Å². The van der Waals surface area contributed by atoms with E-state index in [1.807, 2.05) is 15.7 Å². The predicted octanol–water partition coefficient (Wildman–Crippen LogP) is 5.22. The summed E-state index contributed by atoms with van der Waals surface area (Å²) < 4.78 is 29.8. The number of anilines is 1. The largest absolute Gasteiger partial charge is 0.342 e. The van der Waals surface area contributed by atoms with Gasteiger partial charge in [0.2, 0.25) is 5.91 Å². The number of carbonyl (C=O) groups is 1. The molecule has 1 saturated heterocycles. The number of nitrogens with one attached hydrogen (secondary N) is 2. The Kier molecular flexibility index (Phi) is 7.83.